The second kappa shape index (κ2) is 10.9. The Hall–Kier alpha value is -3.10. The van der Waals surface area contributed by atoms with E-state index in [4.69, 9.17) is 35.7 Å². The van der Waals surface area contributed by atoms with Crippen LogP contribution in [0.3, 0.4) is 0 Å². The van der Waals surface area contributed by atoms with Crippen LogP contribution < -0.4 is 9.47 Å². The summed E-state index contributed by atoms with van der Waals surface area (Å²) in [5.74, 6) is -2.61. The van der Waals surface area contributed by atoms with Crippen LogP contribution in [-0.2, 0) is 16.1 Å². The molecule has 1 aromatic carbocycles. The van der Waals surface area contributed by atoms with Gasteiger partial charge in [-0.3, -0.25) is 4.79 Å². The number of carbonyl (C=O) groups is 1. The molecule has 0 spiro atoms. The Labute approximate surface area is 220 Å². The first kappa shape index (κ1) is 26.5. The van der Waals surface area contributed by atoms with Crippen LogP contribution in [0.5, 0.6) is 11.9 Å². The zero-order valence-electron chi connectivity index (χ0n) is 20.2. The van der Waals surface area contributed by atoms with Gasteiger partial charge in [-0.1, -0.05) is 11.6 Å². The molecule has 14 heteroatoms. The first-order valence-corrected chi connectivity index (χ1v) is 12.2. The average Bonchev–Trinajstić information content (AvgIpc) is 3.58. The molecule has 1 unspecified atom stereocenters. The second-order valence-electron chi connectivity index (χ2n) is 9.02. The summed E-state index contributed by atoms with van der Waals surface area (Å²) in [5, 5.41) is 18.8. The first-order valence-electron chi connectivity index (χ1n) is 11.9. The fraction of sp³-hybridized carbons (Fsp3) is 0.458. The molecule has 3 N–H and O–H groups in total. The molecule has 2 aliphatic heterocycles. The number of halogens is 3. The lowest BCUT2D eigenvalue weighted by Gasteiger charge is -2.17. The third-order valence-corrected chi connectivity index (χ3v) is 6.63. The number of ether oxygens (including phenoxy) is 4. The van der Waals surface area contributed by atoms with Gasteiger partial charge in [-0.25, -0.2) is 8.78 Å². The van der Waals surface area contributed by atoms with E-state index in [0.717, 1.165) is 12.1 Å². The van der Waals surface area contributed by atoms with Crippen molar-refractivity contribution in [3.05, 3.63) is 46.0 Å². The van der Waals surface area contributed by atoms with E-state index in [1.54, 1.807) is 0 Å². The van der Waals surface area contributed by atoms with Crippen molar-refractivity contribution < 1.29 is 42.7 Å². The van der Waals surface area contributed by atoms with Crippen LogP contribution in [0.1, 0.15) is 22.3 Å². The highest BCUT2D eigenvalue weighted by Gasteiger charge is 2.48. The van der Waals surface area contributed by atoms with Crippen molar-refractivity contribution in [3.8, 4) is 11.9 Å². The van der Waals surface area contributed by atoms with E-state index in [9.17, 15) is 18.7 Å². The molecule has 5 rings (SSSR count). The lowest BCUT2D eigenvalue weighted by Crippen LogP contribution is -2.34. The van der Waals surface area contributed by atoms with E-state index >= 15 is 0 Å². The van der Waals surface area contributed by atoms with Crippen molar-refractivity contribution in [3.63, 3.8) is 0 Å². The number of nitrogens with one attached hydrogen (secondary N) is 1. The fourth-order valence-electron chi connectivity index (χ4n) is 4.36. The van der Waals surface area contributed by atoms with Gasteiger partial charge in [0, 0.05) is 25.8 Å². The van der Waals surface area contributed by atoms with Gasteiger partial charge in [0.25, 0.3) is 11.9 Å². The molecule has 4 heterocycles. The molecule has 0 saturated carbocycles. The Balaban J connectivity index is 1.27. The summed E-state index contributed by atoms with van der Waals surface area (Å²) in [6.07, 6.45) is -1.75. The SMILES string of the molecule is CN(CCCO)C(=O)c1cc(F)c(COc2nc3nc(O[C@@H]4COC5[C@H](O)CO[C@@H]54)[nH]c3cc2Cl)c(F)c1. The van der Waals surface area contributed by atoms with Gasteiger partial charge in [-0.15, -0.1) is 0 Å². The van der Waals surface area contributed by atoms with Crippen LogP contribution in [-0.4, -0.2) is 93.8 Å². The number of benzene rings is 1. The lowest BCUT2D eigenvalue weighted by molar-refractivity contribution is 0.00706. The number of aliphatic hydroxyl groups excluding tert-OH is 2. The third-order valence-electron chi connectivity index (χ3n) is 6.36. The number of nitrogens with zero attached hydrogens (tertiary/aromatic N) is 3. The predicted molar refractivity (Wildman–Crippen MR) is 128 cm³/mol. The lowest BCUT2D eigenvalue weighted by atomic mass is 10.1. The highest BCUT2D eigenvalue weighted by Crippen LogP contribution is 2.31. The highest BCUT2D eigenvalue weighted by atomic mass is 35.5. The maximum absolute atomic E-state index is 14.7. The van der Waals surface area contributed by atoms with Gasteiger partial charge in [-0.05, 0) is 24.6 Å². The largest absolute Gasteiger partial charge is 0.471 e. The third kappa shape index (κ3) is 5.24. The Morgan fingerprint density at radius 3 is 2.68 bits per heavy atom. The van der Waals surface area contributed by atoms with Crippen molar-refractivity contribution in [1.29, 1.82) is 0 Å². The summed E-state index contributed by atoms with van der Waals surface area (Å²) in [7, 11) is 1.48. The molecule has 3 aromatic rings. The number of fused-ring (bicyclic) bond motifs is 2. The van der Waals surface area contributed by atoms with Crippen LogP contribution in [0.15, 0.2) is 18.2 Å². The maximum atomic E-state index is 14.7. The Kier molecular flexibility index (Phi) is 7.63. The average molecular weight is 555 g/mol. The van der Waals surface area contributed by atoms with Crippen molar-refractivity contribution in [1.82, 2.24) is 19.9 Å². The molecule has 2 fully saturated rings. The number of imidazole rings is 1. The van der Waals surface area contributed by atoms with E-state index in [2.05, 4.69) is 15.0 Å². The predicted octanol–water partition coefficient (Wildman–Crippen LogP) is 1.83. The molecule has 0 aliphatic carbocycles. The Bertz CT molecular complexity index is 1320. The molecule has 0 bridgehead atoms. The second-order valence-corrected chi connectivity index (χ2v) is 9.43. The molecule has 38 heavy (non-hydrogen) atoms. The molecule has 1 amide bonds. The summed E-state index contributed by atoms with van der Waals surface area (Å²) in [6.45, 7) is -0.0351. The van der Waals surface area contributed by atoms with Crippen LogP contribution in [0.4, 0.5) is 8.78 Å². The van der Waals surface area contributed by atoms with E-state index in [1.165, 1.54) is 18.0 Å². The summed E-state index contributed by atoms with van der Waals surface area (Å²) >= 11 is 6.26. The van der Waals surface area contributed by atoms with E-state index in [-0.39, 0.29) is 54.5 Å². The summed E-state index contributed by atoms with van der Waals surface area (Å²) in [5.41, 5.74) is 0.0567. The van der Waals surface area contributed by atoms with Gasteiger partial charge in [-0.2, -0.15) is 9.97 Å². The standard InChI is InChI=1S/C24H25ClF2N4O7/c1-31(3-2-4-32)23(34)11-5-14(26)12(15(27)6-11)8-37-22-13(25)7-16-21(29-22)30-24(28-16)38-18-10-36-19-17(33)9-35-20(18)19/h5-7,17-20,32-33H,2-4,8-10H2,1H3,(H,28,29,30)/t17-,18-,19?,20-/m1/s1. The van der Waals surface area contributed by atoms with Crippen molar-refractivity contribution in [2.24, 2.45) is 0 Å². The molecule has 204 valence electrons. The molecule has 2 aliphatic rings. The van der Waals surface area contributed by atoms with Gasteiger partial charge >= 0.3 is 0 Å². The number of amides is 1. The number of aliphatic hydroxyl groups is 2. The number of pyridine rings is 1. The first-order chi connectivity index (χ1) is 18.2. The monoisotopic (exact) mass is 554 g/mol. The van der Waals surface area contributed by atoms with Crippen molar-refractivity contribution >= 4 is 28.7 Å². The molecular weight excluding hydrogens is 530 g/mol. The van der Waals surface area contributed by atoms with Crippen LogP contribution >= 0.6 is 11.6 Å². The van der Waals surface area contributed by atoms with E-state index < -0.39 is 54.1 Å². The smallest absolute Gasteiger partial charge is 0.296 e. The molecule has 4 atom stereocenters. The Morgan fingerprint density at radius 1 is 1.21 bits per heavy atom. The fourth-order valence-corrected chi connectivity index (χ4v) is 4.57. The molecule has 11 nitrogen and oxygen atoms in total. The molecular formula is C24H25ClF2N4O7. The number of aromatic nitrogens is 3. The zero-order valence-corrected chi connectivity index (χ0v) is 21.0. The number of aromatic amines is 1. The van der Waals surface area contributed by atoms with Gasteiger partial charge in [0.1, 0.15) is 41.6 Å². The van der Waals surface area contributed by atoms with Crippen LogP contribution in [0.2, 0.25) is 5.02 Å². The maximum Gasteiger partial charge on any atom is 0.296 e. The minimum atomic E-state index is -0.965. The number of carbonyl (C=O) groups excluding carboxylic acids is 1. The van der Waals surface area contributed by atoms with Gasteiger partial charge < -0.3 is 39.0 Å². The zero-order chi connectivity index (χ0) is 27.0. The highest BCUT2D eigenvalue weighted by molar-refractivity contribution is 6.32. The number of hydrogen-bond acceptors (Lipinski definition) is 9. The summed E-state index contributed by atoms with van der Waals surface area (Å²) in [6, 6.07) is 3.47. The number of hydrogen-bond donors (Lipinski definition) is 3. The molecule has 0 radical (unpaired) electrons. The summed E-state index contributed by atoms with van der Waals surface area (Å²) < 4.78 is 51.8. The van der Waals surface area contributed by atoms with Gasteiger partial charge in [0.15, 0.2) is 11.8 Å². The van der Waals surface area contributed by atoms with Gasteiger partial charge in [0.2, 0.25) is 5.88 Å². The van der Waals surface area contributed by atoms with Crippen molar-refractivity contribution in [2.45, 2.75) is 37.4 Å². The molecule has 2 saturated heterocycles. The van der Waals surface area contributed by atoms with E-state index in [1.807, 2.05) is 0 Å². The van der Waals surface area contributed by atoms with Gasteiger partial charge in [0.05, 0.1) is 24.3 Å². The number of H-pyrrole nitrogens is 1. The van der Waals surface area contributed by atoms with Crippen LogP contribution in [0.25, 0.3) is 11.2 Å². The normalized spacial score (nSPS) is 22.6. The quantitative estimate of drug-likeness (QED) is 0.361. The summed E-state index contributed by atoms with van der Waals surface area (Å²) in [4.78, 5) is 25.1. The number of rotatable bonds is 9. The van der Waals surface area contributed by atoms with E-state index in [0.29, 0.717) is 11.9 Å². The minimum Gasteiger partial charge on any atom is -0.471 e. The van der Waals surface area contributed by atoms with Crippen LogP contribution in [0, 0.1) is 11.6 Å². The minimum absolute atomic E-state index is 0.0670. The van der Waals surface area contributed by atoms with Crippen molar-refractivity contribution in [2.75, 3.05) is 33.4 Å². The topological polar surface area (TPSA) is 139 Å². The molecule has 2 aromatic heterocycles. The Morgan fingerprint density at radius 2 is 1.95 bits per heavy atom.